The average Bonchev–Trinajstić information content (AvgIpc) is 3.76. The molecule has 2 spiro atoms. The highest BCUT2D eigenvalue weighted by molar-refractivity contribution is 5.56. The fourth-order valence-corrected chi connectivity index (χ4v) is 9.17. The molecule has 0 aromatic carbocycles. The summed E-state index contributed by atoms with van der Waals surface area (Å²) in [4.78, 5) is 18.3. The standard InChI is InChI=1S/C29H39F3N6O/c1-35-18-33-34-24(35)28(14-26(15-28)5-6-26)20-3-2-4-21(10-20)37-13-23-22(29(30,31)32)9-19(12-38(23)25(37)39)11-36-16-27(17-36)7-8-27/h9,12-13,20-21,24,33-34H,2-8,10-11,14-18H2,1H3. The highest BCUT2D eigenvalue weighted by Gasteiger charge is 2.67. The lowest BCUT2D eigenvalue weighted by Gasteiger charge is -2.59. The van der Waals surface area contributed by atoms with Crippen molar-refractivity contribution in [1.82, 2.24) is 29.6 Å². The van der Waals surface area contributed by atoms with Crippen LogP contribution >= 0.6 is 0 Å². The Balaban J connectivity index is 1.11. The monoisotopic (exact) mass is 544 g/mol. The van der Waals surface area contributed by atoms with Crippen LogP contribution in [0.5, 0.6) is 0 Å². The Bertz CT molecular complexity index is 1360. The van der Waals surface area contributed by atoms with Crippen LogP contribution in [0.2, 0.25) is 0 Å². The van der Waals surface area contributed by atoms with Gasteiger partial charge in [0.25, 0.3) is 0 Å². The molecule has 2 aromatic rings. The number of hydrazine groups is 1. The van der Waals surface area contributed by atoms with Gasteiger partial charge in [-0.15, -0.1) is 0 Å². The molecule has 4 saturated carbocycles. The van der Waals surface area contributed by atoms with Gasteiger partial charge in [0.1, 0.15) is 0 Å². The maximum absolute atomic E-state index is 14.3. The van der Waals surface area contributed by atoms with E-state index >= 15 is 0 Å². The largest absolute Gasteiger partial charge is 0.418 e. The molecule has 4 aliphatic carbocycles. The Labute approximate surface area is 226 Å². The zero-order valence-electron chi connectivity index (χ0n) is 22.7. The fourth-order valence-electron chi connectivity index (χ4n) is 9.17. The van der Waals surface area contributed by atoms with Crippen LogP contribution in [-0.4, -0.2) is 51.7 Å². The van der Waals surface area contributed by atoms with Gasteiger partial charge in [-0.1, -0.05) is 6.42 Å². The van der Waals surface area contributed by atoms with Crippen LogP contribution in [0.25, 0.3) is 5.52 Å². The summed E-state index contributed by atoms with van der Waals surface area (Å²) in [6, 6.07) is 1.20. The van der Waals surface area contributed by atoms with Crippen LogP contribution in [-0.2, 0) is 12.7 Å². The molecule has 10 heteroatoms. The number of imidazole rings is 1. The summed E-state index contributed by atoms with van der Waals surface area (Å²) in [6.07, 6.45) is 10.2. The fraction of sp³-hybridized carbons (Fsp3) is 0.759. The summed E-state index contributed by atoms with van der Waals surface area (Å²) in [5.74, 6) is 0.441. The molecule has 39 heavy (non-hydrogen) atoms. The van der Waals surface area contributed by atoms with E-state index in [1.807, 2.05) is 0 Å². The molecule has 4 heterocycles. The molecule has 0 amide bonds. The van der Waals surface area contributed by atoms with Gasteiger partial charge in [0, 0.05) is 43.5 Å². The van der Waals surface area contributed by atoms with Gasteiger partial charge in [0.15, 0.2) is 0 Å². The number of halogens is 3. The smallest absolute Gasteiger partial charge is 0.298 e. The van der Waals surface area contributed by atoms with E-state index in [-0.39, 0.29) is 28.8 Å². The van der Waals surface area contributed by atoms with Gasteiger partial charge in [-0.05, 0) is 93.2 Å². The molecule has 8 rings (SSSR count). The van der Waals surface area contributed by atoms with Crippen molar-refractivity contribution in [1.29, 1.82) is 0 Å². The minimum atomic E-state index is -4.51. The summed E-state index contributed by atoms with van der Waals surface area (Å²) < 4.78 is 45.7. The van der Waals surface area contributed by atoms with Crippen LogP contribution < -0.4 is 16.5 Å². The van der Waals surface area contributed by atoms with Crippen molar-refractivity contribution < 1.29 is 13.2 Å². The Morgan fingerprint density at radius 3 is 2.44 bits per heavy atom. The highest BCUT2D eigenvalue weighted by Crippen LogP contribution is 2.73. The number of hydrogen-bond acceptors (Lipinski definition) is 5. The first-order valence-corrected chi connectivity index (χ1v) is 14.8. The van der Waals surface area contributed by atoms with E-state index in [0.717, 1.165) is 45.4 Å². The number of fused-ring (bicyclic) bond motifs is 1. The Morgan fingerprint density at radius 1 is 1.05 bits per heavy atom. The number of alkyl halides is 3. The molecular weight excluding hydrogens is 505 g/mol. The normalized spacial score (nSPS) is 33.0. The van der Waals surface area contributed by atoms with Crippen LogP contribution in [0.15, 0.2) is 23.3 Å². The third-order valence-electron chi connectivity index (χ3n) is 11.4. The lowest BCUT2D eigenvalue weighted by molar-refractivity contribution is -0.136. The van der Waals surface area contributed by atoms with E-state index in [2.05, 4.69) is 27.7 Å². The SMILES string of the molecule is CN1CNNC1C1(C2CCCC(n3cc4c(C(F)(F)F)cc(CN5CC6(CC6)C5)cn4c3=O)C2)CC2(CC2)C1. The van der Waals surface area contributed by atoms with Crippen LogP contribution in [0.3, 0.4) is 0 Å². The van der Waals surface area contributed by atoms with Gasteiger partial charge >= 0.3 is 11.9 Å². The van der Waals surface area contributed by atoms with Crippen molar-refractivity contribution in [2.45, 2.75) is 89.1 Å². The summed E-state index contributed by atoms with van der Waals surface area (Å²) in [7, 11) is 2.16. The maximum atomic E-state index is 14.3. The van der Waals surface area contributed by atoms with Crippen molar-refractivity contribution in [2.75, 3.05) is 26.8 Å². The van der Waals surface area contributed by atoms with E-state index in [1.54, 1.807) is 10.8 Å². The molecule has 3 unspecified atom stereocenters. The van der Waals surface area contributed by atoms with Gasteiger partial charge in [0.05, 0.1) is 23.9 Å². The van der Waals surface area contributed by atoms with Gasteiger partial charge in [-0.3, -0.25) is 18.8 Å². The number of nitrogens with zero attached hydrogens (tertiary/aromatic N) is 4. The summed E-state index contributed by atoms with van der Waals surface area (Å²) in [5, 5.41) is 0. The minimum absolute atomic E-state index is 0.0164. The first kappa shape index (κ1) is 24.9. The molecule has 6 aliphatic rings. The number of pyridine rings is 1. The van der Waals surface area contributed by atoms with Gasteiger partial charge in [-0.2, -0.15) is 13.2 Å². The molecule has 2 saturated heterocycles. The van der Waals surface area contributed by atoms with Crippen LogP contribution in [0, 0.1) is 22.2 Å². The Morgan fingerprint density at radius 2 is 1.79 bits per heavy atom. The number of hydrogen-bond donors (Lipinski definition) is 2. The molecule has 212 valence electrons. The molecule has 0 bridgehead atoms. The molecule has 7 nitrogen and oxygen atoms in total. The van der Waals surface area contributed by atoms with Gasteiger partial charge in [0.2, 0.25) is 0 Å². The first-order valence-electron chi connectivity index (χ1n) is 14.8. The second-order valence-electron chi connectivity index (χ2n) is 14.2. The summed E-state index contributed by atoms with van der Waals surface area (Å²) in [5.41, 5.74) is 7.49. The maximum Gasteiger partial charge on any atom is 0.418 e. The van der Waals surface area contributed by atoms with Crippen molar-refractivity contribution in [3.63, 3.8) is 0 Å². The van der Waals surface area contributed by atoms with E-state index < -0.39 is 11.7 Å². The summed E-state index contributed by atoms with van der Waals surface area (Å²) >= 11 is 0. The molecule has 6 fully saturated rings. The third kappa shape index (κ3) is 3.88. The Kier molecular flexibility index (Phi) is 5.17. The molecule has 2 N–H and O–H groups in total. The molecule has 3 atom stereocenters. The van der Waals surface area contributed by atoms with E-state index in [0.29, 0.717) is 28.9 Å². The lowest BCUT2D eigenvalue weighted by Crippen LogP contribution is -2.61. The van der Waals surface area contributed by atoms with Crippen molar-refractivity contribution in [3.8, 4) is 0 Å². The highest BCUT2D eigenvalue weighted by atomic mass is 19.4. The zero-order valence-corrected chi connectivity index (χ0v) is 22.7. The number of nitrogens with one attached hydrogen (secondary N) is 2. The Hall–Kier alpha value is -1.88. The van der Waals surface area contributed by atoms with Crippen LogP contribution in [0.4, 0.5) is 13.2 Å². The quantitative estimate of drug-likeness (QED) is 0.587. The lowest BCUT2D eigenvalue weighted by atomic mass is 9.49. The number of aromatic nitrogens is 2. The molecule has 0 radical (unpaired) electrons. The zero-order chi connectivity index (χ0) is 26.8. The molecular formula is C29H39F3N6O. The number of likely N-dealkylation sites (tertiary alicyclic amines) is 1. The average molecular weight is 545 g/mol. The van der Waals surface area contributed by atoms with E-state index in [1.165, 1.54) is 55.2 Å². The van der Waals surface area contributed by atoms with Crippen molar-refractivity contribution in [2.24, 2.45) is 22.2 Å². The molecule has 2 aromatic heterocycles. The van der Waals surface area contributed by atoms with Crippen molar-refractivity contribution in [3.05, 3.63) is 40.1 Å². The summed E-state index contributed by atoms with van der Waals surface area (Å²) in [6.45, 7) is 3.18. The van der Waals surface area contributed by atoms with E-state index in [4.69, 9.17) is 0 Å². The second kappa shape index (κ2) is 8.11. The minimum Gasteiger partial charge on any atom is -0.298 e. The van der Waals surface area contributed by atoms with Crippen molar-refractivity contribution >= 4 is 5.52 Å². The molecule has 2 aliphatic heterocycles. The van der Waals surface area contributed by atoms with Crippen LogP contribution in [0.1, 0.15) is 81.4 Å². The number of rotatable bonds is 5. The second-order valence-corrected chi connectivity index (χ2v) is 14.2. The van der Waals surface area contributed by atoms with Gasteiger partial charge in [-0.25, -0.2) is 15.6 Å². The topological polar surface area (TPSA) is 56.9 Å². The van der Waals surface area contributed by atoms with Gasteiger partial charge < -0.3 is 0 Å². The van der Waals surface area contributed by atoms with E-state index in [9.17, 15) is 18.0 Å². The first-order chi connectivity index (χ1) is 18.6. The third-order valence-corrected chi connectivity index (χ3v) is 11.4. The predicted octanol–water partition coefficient (Wildman–Crippen LogP) is 4.33. The predicted molar refractivity (Wildman–Crippen MR) is 141 cm³/mol.